The number of rotatable bonds is 2. The Morgan fingerprint density at radius 3 is 2.54 bits per heavy atom. The van der Waals surface area contributed by atoms with Crippen molar-refractivity contribution < 1.29 is 9.50 Å². The van der Waals surface area contributed by atoms with E-state index in [0.29, 0.717) is 24.0 Å². The molecule has 1 N–H and O–H groups in total. The van der Waals surface area contributed by atoms with Gasteiger partial charge >= 0.3 is 0 Å². The molecule has 1 aromatic heterocycles. The lowest BCUT2D eigenvalue weighted by Crippen LogP contribution is -2.50. The third-order valence-electron chi connectivity index (χ3n) is 5.81. The largest absolute Gasteiger partial charge is 0.385 e. The van der Waals surface area contributed by atoms with Gasteiger partial charge in [-0.05, 0) is 56.0 Å². The smallest absolute Gasteiger partial charge is 0.147 e. The van der Waals surface area contributed by atoms with Gasteiger partial charge in [-0.1, -0.05) is 12.1 Å². The molecule has 5 heteroatoms. The van der Waals surface area contributed by atoms with E-state index in [-0.39, 0.29) is 17.9 Å². The van der Waals surface area contributed by atoms with Gasteiger partial charge in [0.1, 0.15) is 17.7 Å². The molecule has 1 aromatic carbocycles. The quantitative estimate of drug-likeness (QED) is 0.896. The van der Waals surface area contributed by atoms with E-state index in [4.69, 9.17) is 0 Å². The molecule has 0 radical (unpaired) electrons. The molecule has 4 nitrogen and oxygen atoms in total. The van der Waals surface area contributed by atoms with Crippen LogP contribution >= 0.6 is 0 Å². The van der Waals surface area contributed by atoms with Gasteiger partial charge in [-0.3, -0.25) is 0 Å². The molecular formula is C21H22FN3O. The fourth-order valence-corrected chi connectivity index (χ4v) is 4.73. The van der Waals surface area contributed by atoms with Crippen molar-refractivity contribution in [2.75, 3.05) is 4.90 Å². The molecule has 0 spiro atoms. The van der Waals surface area contributed by atoms with Crippen molar-refractivity contribution >= 4 is 5.82 Å². The molecule has 4 rings (SSSR count). The molecule has 0 aliphatic carbocycles. The van der Waals surface area contributed by atoms with Gasteiger partial charge in [-0.2, -0.15) is 5.26 Å². The Bertz CT molecular complexity index is 891. The summed E-state index contributed by atoms with van der Waals surface area (Å²) in [5.41, 5.74) is 2.05. The summed E-state index contributed by atoms with van der Waals surface area (Å²) >= 11 is 0. The van der Waals surface area contributed by atoms with E-state index < -0.39 is 5.60 Å². The maximum absolute atomic E-state index is 13.7. The molecule has 2 aliphatic heterocycles. The summed E-state index contributed by atoms with van der Waals surface area (Å²) in [5, 5.41) is 20.9. The number of nitrogens with zero attached hydrogens (tertiary/aromatic N) is 3. The summed E-state index contributed by atoms with van der Waals surface area (Å²) in [5.74, 6) is 0.409. The Balaban J connectivity index is 1.72. The van der Waals surface area contributed by atoms with Crippen LogP contribution in [0.3, 0.4) is 0 Å². The fourth-order valence-electron chi connectivity index (χ4n) is 4.73. The molecule has 2 atom stereocenters. The summed E-state index contributed by atoms with van der Waals surface area (Å²) in [7, 11) is 0. The van der Waals surface area contributed by atoms with E-state index >= 15 is 0 Å². The zero-order valence-electron chi connectivity index (χ0n) is 15.0. The van der Waals surface area contributed by atoms with Crippen molar-refractivity contribution in [3.8, 4) is 6.07 Å². The van der Waals surface area contributed by atoms with E-state index in [9.17, 15) is 14.8 Å². The maximum Gasteiger partial charge on any atom is 0.147 e. The lowest BCUT2D eigenvalue weighted by atomic mass is 9.80. The van der Waals surface area contributed by atoms with Gasteiger partial charge in [0.25, 0.3) is 0 Å². The van der Waals surface area contributed by atoms with E-state index in [2.05, 4.69) is 16.0 Å². The first-order chi connectivity index (χ1) is 12.4. The monoisotopic (exact) mass is 351 g/mol. The average molecular weight is 351 g/mol. The first-order valence-electron chi connectivity index (χ1n) is 9.06. The molecular weight excluding hydrogens is 329 g/mol. The van der Waals surface area contributed by atoms with Crippen LogP contribution < -0.4 is 4.90 Å². The van der Waals surface area contributed by atoms with Crippen molar-refractivity contribution in [2.24, 2.45) is 0 Å². The highest BCUT2D eigenvalue weighted by atomic mass is 19.1. The number of piperidine rings is 1. The Kier molecular flexibility index (Phi) is 3.96. The number of aromatic nitrogens is 1. The summed E-state index contributed by atoms with van der Waals surface area (Å²) in [6.07, 6.45) is 2.93. The van der Waals surface area contributed by atoms with Crippen LogP contribution in [-0.4, -0.2) is 22.2 Å². The predicted molar refractivity (Wildman–Crippen MR) is 97.2 cm³/mol. The van der Waals surface area contributed by atoms with Crippen LogP contribution in [0.25, 0.3) is 0 Å². The Morgan fingerprint density at radius 2 is 1.92 bits per heavy atom. The molecule has 2 bridgehead atoms. The summed E-state index contributed by atoms with van der Waals surface area (Å²) < 4.78 is 13.7. The van der Waals surface area contributed by atoms with Gasteiger partial charge in [-0.15, -0.1) is 0 Å². The molecule has 0 amide bonds. The molecule has 0 unspecified atom stereocenters. The minimum Gasteiger partial charge on any atom is -0.385 e. The normalized spacial score (nSPS) is 27.4. The molecule has 26 heavy (non-hydrogen) atoms. The molecule has 2 saturated heterocycles. The van der Waals surface area contributed by atoms with Crippen molar-refractivity contribution in [1.29, 1.82) is 5.26 Å². The van der Waals surface area contributed by atoms with Crippen molar-refractivity contribution in [3.05, 3.63) is 58.5 Å². The first-order valence-corrected chi connectivity index (χ1v) is 9.06. The Hall–Kier alpha value is -2.45. The molecule has 134 valence electrons. The van der Waals surface area contributed by atoms with Crippen LogP contribution in [-0.2, 0) is 5.60 Å². The predicted octanol–water partition coefficient (Wildman–Crippen LogP) is 3.73. The van der Waals surface area contributed by atoms with Crippen LogP contribution in [0.1, 0.15) is 48.1 Å². The van der Waals surface area contributed by atoms with Crippen LogP contribution in [0.4, 0.5) is 10.2 Å². The highest BCUT2D eigenvalue weighted by Crippen LogP contribution is 2.48. The highest BCUT2D eigenvalue weighted by molar-refractivity contribution is 5.60. The van der Waals surface area contributed by atoms with E-state index in [0.717, 1.165) is 29.9 Å². The van der Waals surface area contributed by atoms with Crippen molar-refractivity contribution in [1.82, 2.24) is 4.98 Å². The number of nitriles is 1. The molecule has 2 fully saturated rings. The topological polar surface area (TPSA) is 60.2 Å². The number of hydrogen-bond donors (Lipinski definition) is 1. The Labute approximate surface area is 152 Å². The number of halogens is 1. The van der Waals surface area contributed by atoms with Crippen molar-refractivity contribution in [3.63, 3.8) is 0 Å². The van der Waals surface area contributed by atoms with E-state index in [1.807, 2.05) is 19.9 Å². The van der Waals surface area contributed by atoms with Crippen molar-refractivity contribution in [2.45, 2.75) is 57.2 Å². The third-order valence-corrected chi connectivity index (χ3v) is 5.81. The summed E-state index contributed by atoms with van der Waals surface area (Å²) in [4.78, 5) is 6.89. The van der Waals surface area contributed by atoms with Gasteiger partial charge in [-0.25, -0.2) is 9.37 Å². The number of benzene rings is 1. The van der Waals surface area contributed by atoms with Crippen LogP contribution in [0.15, 0.2) is 30.3 Å². The SMILES string of the molecule is Cc1cc(C)c(C#N)c(N2[C@@H]3CC[C@@H]2CC(O)(c2cccc(F)c2)C3)n1. The zero-order valence-corrected chi connectivity index (χ0v) is 15.0. The number of anilines is 1. The molecule has 2 aromatic rings. The minimum atomic E-state index is -1.03. The summed E-state index contributed by atoms with van der Waals surface area (Å²) in [6.45, 7) is 3.87. The van der Waals surface area contributed by atoms with Crippen LogP contribution in [0.2, 0.25) is 0 Å². The lowest BCUT2D eigenvalue weighted by Gasteiger charge is -2.45. The van der Waals surface area contributed by atoms with Gasteiger partial charge < -0.3 is 10.0 Å². The average Bonchev–Trinajstić information content (AvgIpc) is 2.86. The highest BCUT2D eigenvalue weighted by Gasteiger charge is 2.49. The summed E-state index contributed by atoms with van der Waals surface area (Å²) in [6, 6.07) is 10.7. The maximum atomic E-state index is 13.7. The fraction of sp³-hybridized carbons (Fsp3) is 0.429. The van der Waals surface area contributed by atoms with Gasteiger partial charge in [0, 0.05) is 30.6 Å². The number of aryl methyl sites for hydroxylation is 2. The number of hydrogen-bond acceptors (Lipinski definition) is 4. The molecule has 0 saturated carbocycles. The second kappa shape index (κ2) is 6.07. The number of pyridine rings is 1. The number of fused-ring (bicyclic) bond motifs is 2. The minimum absolute atomic E-state index is 0.0998. The second-order valence-electron chi connectivity index (χ2n) is 7.63. The van der Waals surface area contributed by atoms with Crippen LogP contribution in [0, 0.1) is 31.0 Å². The van der Waals surface area contributed by atoms with E-state index in [1.165, 1.54) is 12.1 Å². The third kappa shape index (κ3) is 2.65. The standard InChI is InChI=1S/C21H22FN3O/c1-13-8-14(2)24-20(19(13)12-23)25-17-6-7-18(25)11-21(26,10-17)15-4-3-5-16(22)9-15/h3-5,8-9,17-18,26H,6-7,10-11H2,1-2H3/t17-,18-/m1/s1. The van der Waals surface area contributed by atoms with E-state index in [1.54, 1.807) is 12.1 Å². The second-order valence-corrected chi connectivity index (χ2v) is 7.63. The number of aliphatic hydroxyl groups is 1. The van der Waals surface area contributed by atoms with Gasteiger partial charge in [0.05, 0.1) is 11.2 Å². The zero-order chi connectivity index (χ0) is 18.5. The van der Waals surface area contributed by atoms with Gasteiger partial charge in [0.15, 0.2) is 0 Å². The van der Waals surface area contributed by atoms with Crippen LogP contribution in [0.5, 0.6) is 0 Å². The lowest BCUT2D eigenvalue weighted by molar-refractivity contribution is -0.00345. The first kappa shape index (κ1) is 17.0. The molecule has 2 aliphatic rings. The van der Waals surface area contributed by atoms with Gasteiger partial charge in [0.2, 0.25) is 0 Å². The molecule has 3 heterocycles. The Morgan fingerprint density at radius 1 is 1.23 bits per heavy atom.